The molecule has 0 aliphatic heterocycles. The molecule has 1 atom stereocenters. The largest absolute Gasteiger partial charge is 0.330 e. The first-order chi connectivity index (χ1) is 7.40. The molecule has 3 heteroatoms. The van der Waals surface area contributed by atoms with Crippen molar-refractivity contribution in [3.8, 4) is 0 Å². The quantitative estimate of drug-likeness (QED) is 0.820. The van der Waals surface area contributed by atoms with Crippen molar-refractivity contribution in [1.29, 1.82) is 0 Å². The monoisotopic (exact) mass is 299 g/mol. The summed E-state index contributed by atoms with van der Waals surface area (Å²) in [5.41, 5.74) is 7.27. The van der Waals surface area contributed by atoms with E-state index in [1.54, 1.807) is 0 Å². The molecule has 0 aromatic heterocycles. The fourth-order valence-electron chi connectivity index (χ4n) is 2.06. The van der Waals surface area contributed by atoms with Crippen molar-refractivity contribution in [2.75, 3.05) is 6.54 Å². The molecular weight excluding hydrogens is 278 g/mol. The van der Waals surface area contributed by atoms with E-state index in [0.717, 1.165) is 17.4 Å². The summed E-state index contributed by atoms with van der Waals surface area (Å²) in [6.07, 6.45) is 1.12. The standard InChI is InChI=1S/C13H22BrNSi/c1-16(2,3)10-12(9-15)8-11-4-6-13(14)7-5-11/h4-7,12H,8-10,15H2,1-3H3. The van der Waals surface area contributed by atoms with Crippen LogP contribution in [0.4, 0.5) is 0 Å². The van der Waals surface area contributed by atoms with Crippen LogP contribution in [0.3, 0.4) is 0 Å². The van der Waals surface area contributed by atoms with Gasteiger partial charge in [0.25, 0.3) is 0 Å². The molecule has 0 radical (unpaired) electrons. The summed E-state index contributed by atoms with van der Waals surface area (Å²) in [6, 6.07) is 9.92. The maximum Gasteiger partial charge on any atom is 0.0446 e. The number of hydrogen-bond acceptors (Lipinski definition) is 1. The minimum absolute atomic E-state index is 0.646. The van der Waals surface area contributed by atoms with E-state index in [4.69, 9.17) is 5.73 Å². The highest BCUT2D eigenvalue weighted by atomic mass is 79.9. The molecular formula is C13H22BrNSi. The Morgan fingerprint density at radius 1 is 1.19 bits per heavy atom. The summed E-state index contributed by atoms with van der Waals surface area (Å²) in [5.74, 6) is 0.646. The average molecular weight is 300 g/mol. The zero-order chi connectivity index (χ0) is 12.2. The van der Waals surface area contributed by atoms with E-state index < -0.39 is 8.07 Å². The van der Waals surface area contributed by atoms with Gasteiger partial charge in [-0.1, -0.05) is 53.7 Å². The van der Waals surface area contributed by atoms with Gasteiger partial charge >= 0.3 is 0 Å². The second kappa shape index (κ2) is 5.99. The molecule has 0 saturated heterocycles. The lowest BCUT2D eigenvalue weighted by Crippen LogP contribution is -2.29. The van der Waals surface area contributed by atoms with E-state index in [0.29, 0.717) is 5.92 Å². The first kappa shape index (κ1) is 13.9. The van der Waals surface area contributed by atoms with Crippen molar-refractivity contribution in [3.05, 3.63) is 34.3 Å². The SMILES string of the molecule is C[Si](C)(C)CC(CN)Cc1ccc(Br)cc1. The maximum atomic E-state index is 5.87. The molecule has 1 aromatic rings. The van der Waals surface area contributed by atoms with Crippen molar-refractivity contribution in [2.45, 2.75) is 32.1 Å². The minimum atomic E-state index is -0.995. The predicted octanol–water partition coefficient (Wildman–Crippen LogP) is 3.90. The second-order valence-corrected chi connectivity index (χ2v) is 12.1. The molecule has 1 unspecified atom stereocenters. The highest BCUT2D eigenvalue weighted by Gasteiger charge is 2.19. The lowest BCUT2D eigenvalue weighted by molar-refractivity contribution is 0.584. The van der Waals surface area contributed by atoms with Crippen LogP contribution >= 0.6 is 15.9 Å². The number of hydrogen-bond donors (Lipinski definition) is 1. The Hall–Kier alpha value is -0.123. The van der Waals surface area contributed by atoms with Crippen molar-refractivity contribution in [3.63, 3.8) is 0 Å². The lowest BCUT2D eigenvalue weighted by atomic mass is 10.0. The van der Waals surface area contributed by atoms with E-state index in [2.05, 4.69) is 59.8 Å². The van der Waals surface area contributed by atoms with E-state index in [1.165, 1.54) is 11.6 Å². The second-order valence-electron chi connectivity index (χ2n) is 5.70. The summed E-state index contributed by atoms with van der Waals surface area (Å²) in [7, 11) is -0.995. The van der Waals surface area contributed by atoms with E-state index in [9.17, 15) is 0 Å². The Balaban J connectivity index is 2.60. The number of nitrogens with two attached hydrogens (primary N) is 1. The number of benzene rings is 1. The molecule has 0 aliphatic rings. The van der Waals surface area contributed by atoms with Gasteiger partial charge in [-0.2, -0.15) is 0 Å². The van der Waals surface area contributed by atoms with Crippen LogP contribution in [0.25, 0.3) is 0 Å². The van der Waals surface area contributed by atoms with Gasteiger partial charge in [0.1, 0.15) is 0 Å². The molecule has 0 fully saturated rings. The van der Waals surface area contributed by atoms with Crippen molar-refractivity contribution in [1.82, 2.24) is 0 Å². The molecule has 0 amide bonds. The Morgan fingerprint density at radius 2 is 1.75 bits per heavy atom. The third kappa shape index (κ3) is 5.28. The maximum absolute atomic E-state index is 5.87. The van der Waals surface area contributed by atoms with Gasteiger partial charge < -0.3 is 5.73 Å². The lowest BCUT2D eigenvalue weighted by Gasteiger charge is -2.23. The summed E-state index contributed by atoms with van der Waals surface area (Å²) in [4.78, 5) is 0. The normalized spacial score (nSPS) is 13.8. The fraction of sp³-hybridized carbons (Fsp3) is 0.538. The first-order valence-electron chi connectivity index (χ1n) is 5.85. The van der Waals surface area contributed by atoms with Crippen LogP contribution in [0.2, 0.25) is 25.7 Å². The van der Waals surface area contributed by atoms with Crippen LogP contribution in [0.1, 0.15) is 5.56 Å². The van der Waals surface area contributed by atoms with Crippen LogP contribution in [-0.4, -0.2) is 14.6 Å². The predicted molar refractivity (Wildman–Crippen MR) is 78.5 cm³/mol. The summed E-state index contributed by atoms with van der Waals surface area (Å²) >= 11 is 3.46. The van der Waals surface area contributed by atoms with Gasteiger partial charge in [0.2, 0.25) is 0 Å². The van der Waals surface area contributed by atoms with E-state index in [-0.39, 0.29) is 0 Å². The summed E-state index contributed by atoms with van der Waals surface area (Å²) < 4.78 is 1.14. The zero-order valence-corrected chi connectivity index (χ0v) is 13.0. The molecule has 1 nitrogen and oxygen atoms in total. The minimum Gasteiger partial charge on any atom is -0.330 e. The Morgan fingerprint density at radius 3 is 2.19 bits per heavy atom. The van der Waals surface area contributed by atoms with Gasteiger partial charge in [0.05, 0.1) is 0 Å². The zero-order valence-electron chi connectivity index (χ0n) is 10.5. The molecule has 90 valence electrons. The number of rotatable bonds is 5. The van der Waals surface area contributed by atoms with Crippen LogP contribution in [0.15, 0.2) is 28.7 Å². The molecule has 0 spiro atoms. The Bertz CT molecular complexity index is 316. The Labute approximate surface area is 109 Å². The summed E-state index contributed by atoms with van der Waals surface area (Å²) in [5, 5.41) is 0. The van der Waals surface area contributed by atoms with Gasteiger partial charge in [-0.15, -0.1) is 0 Å². The molecule has 0 heterocycles. The van der Waals surface area contributed by atoms with Gasteiger partial charge in [0, 0.05) is 12.5 Å². The van der Waals surface area contributed by atoms with Crippen LogP contribution in [0.5, 0.6) is 0 Å². The van der Waals surface area contributed by atoms with Gasteiger partial charge in [-0.25, -0.2) is 0 Å². The Kier molecular flexibility index (Phi) is 5.22. The van der Waals surface area contributed by atoms with Crippen LogP contribution in [-0.2, 0) is 6.42 Å². The van der Waals surface area contributed by atoms with Gasteiger partial charge in [-0.05, 0) is 36.6 Å². The van der Waals surface area contributed by atoms with Gasteiger partial charge in [0.15, 0.2) is 0 Å². The molecule has 2 N–H and O–H groups in total. The highest BCUT2D eigenvalue weighted by molar-refractivity contribution is 9.10. The van der Waals surface area contributed by atoms with Crippen molar-refractivity contribution < 1.29 is 0 Å². The van der Waals surface area contributed by atoms with E-state index in [1.807, 2.05) is 0 Å². The molecule has 0 bridgehead atoms. The van der Waals surface area contributed by atoms with Crippen molar-refractivity contribution in [2.24, 2.45) is 11.7 Å². The topological polar surface area (TPSA) is 26.0 Å². The third-order valence-corrected chi connectivity index (χ3v) is 5.00. The third-order valence-electron chi connectivity index (χ3n) is 2.67. The smallest absolute Gasteiger partial charge is 0.0446 e. The molecule has 0 saturated carbocycles. The van der Waals surface area contributed by atoms with Crippen molar-refractivity contribution >= 4 is 24.0 Å². The molecule has 1 rings (SSSR count). The summed E-state index contributed by atoms with van der Waals surface area (Å²) in [6.45, 7) is 8.05. The fourth-order valence-corrected chi connectivity index (χ4v) is 4.37. The molecule has 16 heavy (non-hydrogen) atoms. The molecule has 0 aliphatic carbocycles. The number of halogens is 1. The van der Waals surface area contributed by atoms with Crippen LogP contribution in [0, 0.1) is 5.92 Å². The molecule has 1 aromatic carbocycles. The first-order valence-corrected chi connectivity index (χ1v) is 10.4. The van der Waals surface area contributed by atoms with Crippen LogP contribution < -0.4 is 5.73 Å². The van der Waals surface area contributed by atoms with Gasteiger partial charge in [-0.3, -0.25) is 0 Å². The van der Waals surface area contributed by atoms with E-state index >= 15 is 0 Å². The average Bonchev–Trinajstić information content (AvgIpc) is 2.18. The highest BCUT2D eigenvalue weighted by Crippen LogP contribution is 2.21.